The first kappa shape index (κ1) is 23.0. The third-order valence-corrected chi connectivity index (χ3v) is 7.50. The van der Waals surface area contributed by atoms with Crippen molar-refractivity contribution in [2.75, 3.05) is 13.2 Å². The van der Waals surface area contributed by atoms with Gasteiger partial charge in [0, 0.05) is 30.8 Å². The summed E-state index contributed by atoms with van der Waals surface area (Å²) in [5.41, 5.74) is 5.10. The molecule has 0 atom stereocenters. The van der Waals surface area contributed by atoms with Gasteiger partial charge in [-0.05, 0) is 67.8 Å². The van der Waals surface area contributed by atoms with Gasteiger partial charge < -0.3 is 10.1 Å². The molecule has 3 aromatic carbocycles. The first-order chi connectivity index (χ1) is 15.7. The van der Waals surface area contributed by atoms with Gasteiger partial charge in [0.2, 0.25) is 10.0 Å². The molecule has 3 aromatic rings. The molecule has 0 spiro atoms. The number of hydrogen-bond acceptors (Lipinski definition) is 4. The summed E-state index contributed by atoms with van der Waals surface area (Å²) in [5, 5.41) is 2.93. The van der Waals surface area contributed by atoms with Crippen LogP contribution >= 0.6 is 0 Å². The van der Waals surface area contributed by atoms with Crippen molar-refractivity contribution in [3.8, 4) is 5.75 Å². The number of ether oxygens (including phenoxy) is 1. The van der Waals surface area contributed by atoms with E-state index in [2.05, 4.69) is 5.32 Å². The van der Waals surface area contributed by atoms with Crippen molar-refractivity contribution in [2.45, 2.75) is 38.8 Å². The van der Waals surface area contributed by atoms with E-state index in [0.717, 1.165) is 22.3 Å². The fraction of sp³-hybridized carbons (Fsp3) is 0.269. The number of rotatable bonds is 5. The molecule has 0 aromatic heterocycles. The van der Waals surface area contributed by atoms with Crippen LogP contribution in [0.1, 0.15) is 38.2 Å². The quantitative estimate of drug-likeness (QED) is 0.616. The van der Waals surface area contributed by atoms with Crippen LogP contribution in [-0.2, 0) is 23.1 Å². The van der Waals surface area contributed by atoms with Gasteiger partial charge in [-0.3, -0.25) is 4.79 Å². The topological polar surface area (TPSA) is 75.7 Å². The maximum Gasteiger partial charge on any atom is 0.251 e. The zero-order valence-corrected chi connectivity index (χ0v) is 19.9. The van der Waals surface area contributed by atoms with E-state index in [1.807, 2.05) is 51.1 Å². The van der Waals surface area contributed by atoms with Crippen molar-refractivity contribution in [2.24, 2.45) is 0 Å². The Morgan fingerprint density at radius 1 is 0.939 bits per heavy atom. The van der Waals surface area contributed by atoms with E-state index >= 15 is 0 Å². The summed E-state index contributed by atoms with van der Waals surface area (Å²) < 4.78 is 33.9. The minimum atomic E-state index is -3.70. The molecule has 0 aliphatic carbocycles. The van der Waals surface area contributed by atoms with Gasteiger partial charge >= 0.3 is 0 Å². The molecule has 1 amide bonds. The van der Waals surface area contributed by atoms with Gasteiger partial charge in [0.1, 0.15) is 12.4 Å². The van der Waals surface area contributed by atoms with Crippen molar-refractivity contribution in [1.82, 2.24) is 9.62 Å². The monoisotopic (exact) mass is 464 g/mol. The number of aryl methyl sites for hydroxylation is 3. The van der Waals surface area contributed by atoms with Crippen LogP contribution in [0.25, 0.3) is 0 Å². The van der Waals surface area contributed by atoms with E-state index in [4.69, 9.17) is 4.74 Å². The maximum atomic E-state index is 13.3. The highest BCUT2D eigenvalue weighted by Gasteiger charge is 2.28. The molecule has 0 unspecified atom stereocenters. The largest absolute Gasteiger partial charge is 0.492 e. The second kappa shape index (κ2) is 9.37. The van der Waals surface area contributed by atoms with Crippen LogP contribution in [0.15, 0.2) is 65.6 Å². The van der Waals surface area contributed by atoms with E-state index in [-0.39, 0.29) is 30.5 Å². The van der Waals surface area contributed by atoms with E-state index in [9.17, 15) is 13.2 Å². The number of hydrogen-bond donors (Lipinski definition) is 1. The third kappa shape index (κ3) is 5.26. The number of nitrogens with one attached hydrogen (secondary N) is 1. The van der Waals surface area contributed by atoms with Crippen LogP contribution in [0.2, 0.25) is 0 Å². The molecular formula is C26H28N2O4S. The normalized spacial score (nSPS) is 14.2. The Morgan fingerprint density at radius 2 is 1.64 bits per heavy atom. The fourth-order valence-electron chi connectivity index (χ4n) is 3.94. The predicted molar refractivity (Wildman–Crippen MR) is 128 cm³/mol. The molecule has 0 saturated heterocycles. The molecule has 6 nitrogen and oxygen atoms in total. The molecule has 0 radical (unpaired) electrons. The highest BCUT2D eigenvalue weighted by atomic mass is 32.2. The maximum absolute atomic E-state index is 13.3. The number of nitrogens with zero attached hydrogens (tertiary/aromatic N) is 1. The summed E-state index contributed by atoms with van der Waals surface area (Å²) in [4.78, 5) is 13.0. The van der Waals surface area contributed by atoms with Crippen LogP contribution in [0.5, 0.6) is 5.75 Å². The lowest BCUT2D eigenvalue weighted by molar-refractivity contribution is 0.0950. The smallest absolute Gasteiger partial charge is 0.251 e. The summed E-state index contributed by atoms with van der Waals surface area (Å²) in [5.74, 6) is 0.384. The highest BCUT2D eigenvalue weighted by molar-refractivity contribution is 7.89. The van der Waals surface area contributed by atoms with Gasteiger partial charge in [0.25, 0.3) is 5.91 Å². The lowest BCUT2D eigenvalue weighted by atomic mass is 10.1. The molecule has 0 bridgehead atoms. The van der Waals surface area contributed by atoms with Crippen LogP contribution in [0.4, 0.5) is 0 Å². The molecule has 33 heavy (non-hydrogen) atoms. The average Bonchev–Trinajstić information content (AvgIpc) is 3.00. The van der Waals surface area contributed by atoms with Crippen LogP contribution < -0.4 is 10.1 Å². The van der Waals surface area contributed by atoms with Crippen LogP contribution in [0, 0.1) is 20.8 Å². The van der Waals surface area contributed by atoms with Gasteiger partial charge in [0.05, 0.1) is 4.90 Å². The molecule has 1 aliphatic rings. The van der Waals surface area contributed by atoms with Crippen LogP contribution in [0.3, 0.4) is 0 Å². The molecule has 0 fully saturated rings. The number of amides is 1. The Hall–Kier alpha value is -3.16. The number of benzene rings is 3. The highest BCUT2D eigenvalue weighted by Crippen LogP contribution is 2.28. The molecule has 1 N–H and O–H groups in total. The van der Waals surface area contributed by atoms with Gasteiger partial charge in [-0.15, -0.1) is 0 Å². The average molecular weight is 465 g/mol. The Balaban J connectivity index is 1.54. The first-order valence-corrected chi connectivity index (χ1v) is 12.3. The van der Waals surface area contributed by atoms with Gasteiger partial charge in [-0.2, -0.15) is 4.31 Å². The van der Waals surface area contributed by atoms with Crippen molar-refractivity contribution in [3.63, 3.8) is 0 Å². The van der Waals surface area contributed by atoms with Gasteiger partial charge in [-0.1, -0.05) is 35.9 Å². The molecule has 172 valence electrons. The van der Waals surface area contributed by atoms with E-state index in [1.54, 1.807) is 30.3 Å². The molecule has 1 heterocycles. The van der Waals surface area contributed by atoms with Gasteiger partial charge in [-0.25, -0.2) is 8.42 Å². The second-order valence-electron chi connectivity index (χ2n) is 8.50. The summed E-state index contributed by atoms with van der Waals surface area (Å²) in [7, 11) is -3.70. The lowest BCUT2D eigenvalue weighted by Gasteiger charge is -2.20. The number of carbonyl (C=O) groups excluding carboxylic acids is 1. The number of sulfonamides is 1. The fourth-order valence-corrected chi connectivity index (χ4v) is 5.53. The summed E-state index contributed by atoms with van der Waals surface area (Å²) in [6.07, 6.45) is 0. The van der Waals surface area contributed by atoms with E-state index in [1.165, 1.54) is 4.31 Å². The first-order valence-electron chi connectivity index (χ1n) is 10.9. The van der Waals surface area contributed by atoms with Crippen LogP contribution in [-0.4, -0.2) is 31.8 Å². The molecule has 7 heteroatoms. The number of fused-ring (bicyclic) bond motifs is 1. The molecular weight excluding hydrogens is 436 g/mol. The summed E-state index contributed by atoms with van der Waals surface area (Å²) in [6.45, 7) is 6.82. The zero-order chi connectivity index (χ0) is 23.6. The Morgan fingerprint density at radius 3 is 2.33 bits per heavy atom. The SMILES string of the molecule is Cc1ccc(CNC(=O)c2ccc3c(c2)CN(S(=O)(=O)c2cc(C)cc(C)c2)CCO3)cc1. The third-order valence-electron chi connectivity index (χ3n) is 5.67. The van der Waals surface area contributed by atoms with Crippen molar-refractivity contribution in [3.05, 3.63) is 94.0 Å². The molecule has 0 saturated carbocycles. The minimum Gasteiger partial charge on any atom is -0.492 e. The zero-order valence-electron chi connectivity index (χ0n) is 19.1. The Bertz CT molecular complexity index is 1260. The van der Waals surface area contributed by atoms with Gasteiger partial charge in [0.15, 0.2) is 0 Å². The van der Waals surface area contributed by atoms with Crippen molar-refractivity contribution in [1.29, 1.82) is 0 Å². The minimum absolute atomic E-state index is 0.143. The van der Waals surface area contributed by atoms with Crippen molar-refractivity contribution >= 4 is 15.9 Å². The summed E-state index contributed by atoms with van der Waals surface area (Å²) >= 11 is 0. The second-order valence-corrected chi connectivity index (χ2v) is 10.4. The molecule has 1 aliphatic heterocycles. The lowest BCUT2D eigenvalue weighted by Crippen LogP contribution is -2.32. The standard InChI is InChI=1S/C26H28N2O4S/c1-18-4-6-21(7-5-18)16-27-26(29)22-8-9-25-23(15-22)17-28(10-11-32-25)33(30,31)24-13-19(2)12-20(3)14-24/h4-9,12-15H,10-11,16-17H2,1-3H3,(H,27,29). The van der Waals surface area contributed by atoms with Crippen molar-refractivity contribution < 1.29 is 17.9 Å². The predicted octanol–water partition coefficient (Wildman–Crippen LogP) is 4.13. The Kier molecular flexibility index (Phi) is 6.54. The van der Waals surface area contributed by atoms with E-state index in [0.29, 0.717) is 23.4 Å². The summed E-state index contributed by atoms with van der Waals surface area (Å²) in [6, 6.07) is 18.5. The molecule has 4 rings (SSSR count). The van der Waals surface area contributed by atoms with E-state index < -0.39 is 10.0 Å². The number of carbonyl (C=O) groups is 1. The Labute approximate surface area is 195 Å².